The lowest BCUT2D eigenvalue weighted by atomic mass is 10.0. The van der Waals surface area contributed by atoms with E-state index in [1.165, 1.54) is 0 Å². The molecule has 0 spiro atoms. The standard InChI is InChI=1S/C22H28N4O3/c1-22(2,3)29-21(28)25-18-7-5-4-6-15(18)12-19(27)16-8-9-20(24-13-16)26-11-10-17(23)14-26/h4-9,13,17H,10-12,14,23H2,1-3H3,(H,25,28)/t17-/m0/s1. The highest BCUT2D eigenvalue weighted by atomic mass is 16.6. The third-order valence-corrected chi connectivity index (χ3v) is 4.62. The Morgan fingerprint density at radius 3 is 2.62 bits per heavy atom. The van der Waals surface area contributed by atoms with Crippen LogP contribution in [0, 0.1) is 0 Å². The average Bonchev–Trinajstić information content (AvgIpc) is 3.08. The Kier molecular flexibility index (Phi) is 6.17. The monoisotopic (exact) mass is 396 g/mol. The number of ether oxygens (including phenoxy) is 1. The van der Waals surface area contributed by atoms with Crippen molar-refractivity contribution in [2.24, 2.45) is 5.73 Å². The summed E-state index contributed by atoms with van der Waals surface area (Å²) in [5.41, 5.74) is 7.16. The maximum Gasteiger partial charge on any atom is 0.412 e. The smallest absolute Gasteiger partial charge is 0.412 e. The maximum absolute atomic E-state index is 12.7. The zero-order valence-electron chi connectivity index (χ0n) is 17.1. The normalized spacial score (nSPS) is 16.6. The Bertz CT molecular complexity index is 874. The van der Waals surface area contributed by atoms with Gasteiger partial charge in [0, 0.05) is 43.0 Å². The fourth-order valence-electron chi connectivity index (χ4n) is 3.22. The van der Waals surface area contributed by atoms with Crippen molar-refractivity contribution in [2.75, 3.05) is 23.3 Å². The summed E-state index contributed by atoms with van der Waals surface area (Å²) in [5, 5.41) is 2.73. The quantitative estimate of drug-likeness (QED) is 0.752. The van der Waals surface area contributed by atoms with Crippen molar-refractivity contribution in [1.82, 2.24) is 4.98 Å². The molecule has 1 saturated heterocycles. The fraction of sp³-hybridized carbons (Fsp3) is 0.409. The Morgan fingerprint density at radius 1 is 1.24 bits per heavy atom. The number of carbonyl (C=O) groups is 2. The minimum absolute atomic E-state index is 0.0689. The van der Waals surface area contributed by atoms with Crippen LogP contribution in [0.15, 0.2) is 42.6 Å². The van der Waals surface area contributed by atoms with Gasteiger partial charge in [-0.05, 0) is 51.0 Å². The van der Waals surface area contributed by atoms with E-state index in [2.05, 4.69) is 15.2 Å². The Hall–Kier alpha value is -2.93. The first-order valence-electron chi connectivity index (χ1n) is 9.79. The number of rotatable bonds is 5. The van der Waals surface area contributed by atoms with E-state index in [9.17, 15) is 9.59 Å². The number of para-hydroxylation sites is 1. The van der Waals surface area contributed by atoms with Crippen LogP contribution >= 0.6 is 0 Å². The zero-order valence-corrected chi connectivity index (χ0v) is 17.1. The Labute approximate surface area is 171 Å². The number of benzene rings is 1. The van der Waals surface area contributed by atoms with Gasteiger partial charge in [0.2, 0.25) is 0 Å². The second-order valence-electron chi connectivity index (χ2n) is 8.28. The van der Waals surface area contributed by atoms with Crippen LogP contribution in [0.5, 0.6) is 0 Å². The van der Waals surface area contributed by atoms with Gasteiger partial charge in [-0.15, -0.1) is 0 Å². The molecular formula is C22H28N4O3. The highest BCUT2D eigenvalue weighted by Gasteiger charge is 2.21. The van der Waals surface area contributed by atoms with Gasteiger partial charge in [-0.25, -0.2) is 9.78 Å². The van der Waals surface area contributed by atoms with Crippen molar-refractivity contribution in [3.8, 4) is 0 Å². The van der Waals surface area contributed by atoms with Crippen LogP contribution < -0.4 is 16.0 Å². The summed E-state index contributed by atoms with van der Waals surface area (Å²) in [4.78, 5) is 31.4. The molecule has 2 heterocycles. The van der Waals surface area contributed by atoms with Crippen LogP contribution in [0.1, 0.15) is 43.1 Å². The van der Waals surface area contributed by atoms with Crippen LogP contribution in [0.2, 0.25) is 0 Å². The second-order valence-corrected chi connectivity index (χ2v) is 8.28. The molecule has 1 aromatic carbocycles. The van der Waals surface area contributed by atoms with E-state index in [1.54, 1.807) is 45.2 Å². The van der Waals surface area contributed by atoms with E-state index in [0.29, 0.717) is 11.3 Å². The SMILES string of the molecule is CC(C)(C)OC(=O)Nc1ccccc1CC(=O)c1ccc(N2CC[C@H](N)C2)nc1. The minimum atomic E-state index is -0.596. The van der Waals surface area contributed by atoms with Crippen LogP contribution in [0.4, 0.5) is 16.3 Å². The van der Waals surface area contributed by atoms with E-state index in [-0.39, 0.29) is 18.2 Å². The number of carbonyl (C=O) groups excluding carboxylic acids is 2. The number of nitrogens with zero attached hydrogens (tertiary/aromatic N) is 2. The lowest BCUT2D eigenvalue weighted by molar-refractivity contribution is 0.0635. The first kappa shape index (κ1) is 20.8. The molecule has 3 N–H and O–H groups in total. The highest BCUT2D eigenvalue weighted by molar-refractivity contribution is 5.98. The van der Waals surface area contributed by atoms with E-state index in [0.717, 1.165) is 30.9 Å². The van der Waals surface area contributed by atoms with Crippen molar-refractivity contribution < 1.29 is 14.3 Å². The van der Waals surface area contributed by atoms with E-state index in [4.69, 9.17) is 10.5 Å². The average molecular weight is 396 g/mol. The molecular weight excluding hydrogens is 368 g/mol. The zero-order chi connectivity index (χ0) is 21.0. The van der Waals surface area contributed by atoms with Crippen molar-refractivity contribution in [2.45, 2.75) is 45.3 Å². The summed E-state index contributed by atoms with van der Waals surface area (Å²) in [6.45, 7) is 7.06. The molecule has 0 unspecified atom stereocenters. The number of anilines is 2. The van der Waals surface area contributed by atoms with Crippen LogP contribution in [0.25, 0.3) is 0 Å². The van der Waals surface area contributed by atoms with Crippen molar-refractivity contribution in [1.29, 1.82) is 0 Å². The summed E-state index contributed by atoms with van der Waals surface area (Å²) >= 11 is 0. The molecule has 7 nitrogen and oxygen atoms in total. The maximum atomic E-state index is 12.7. The summed E-state index contributed by atoms with van der Waals surface area (Å²) in [7, 11) is 0. The number of aromatic nitrogens is 1. The molecule has 1 aliphatic heterocycles. The molecule has 0 radical (unpaired) electrons. The molecule has 1 amide bonds. The van der Waals surface area contributed by atoms with Gasteiger partial charge >= 0.3 is 6.09 Å². The van der Waals surface area contributed by atoms with Gasteiger partial charge in [0.1, 0.15) is 11.4 Å². The predicted molar refractivity (Wildman–Crippen MR) is 113 cm³/mol. The fourth-order valence-corrected chi connectivity index (χ4v) is 3.22. The number of nitrogens with one attached hydrogen (secondary N) is 1. The summed E-state index contributed by atoms with van der Waals surface area (Å²) in [5.74, 6) is 0.766. The first-order valence-corrected chi connectivity index (χ1v) is 9.79. The van der Waals surface area contributed by atoms with Gasteiger partial charge in [0.15, 0.2) is 5.78 Å². The lowest BCUT2D eigenvalue weighted by Crippen LogP contribution is -2.27. The van der Waals surface area contributed by atoms with Gasteiger partial charge in [-0.3, -0.25) is 10.1 Å². The van der Waals surface area contributed by atoms with E-state index < -0.39 is 11.7 Å². The first-order chi connectivity index (χ1) is 13.7. The molecule has 29 heavy (non-hydrogen) atoms. The molecule has 1 aliphatic rings. The summed E-state index contributed by atoms with van der Waals surface area (Å²) in [6.07, 6.45) is 2.16. The predicted octanol–water partition coefficient (Wildman–Crippen LogP) is 3.39. The molecule has 1 aromatic heterocycles. The number of nitrogens with two attached hydrogens (primary N) is 1. The molecule has 154 valence electrons. The van der Waals surface area contributed by atoms with Crippen LogP contribution in [0.3, 0.4) is 0 Å². The van der Waals surface area contributed by atoms with E-state index in [1.807, 2.05) is 18.2 Å². The number of ketones is 1. The van der Waals surface area contributed by atoms with Crippen LogP contribution in [-0.4, -0.2) is 41.6 Å². The molecule has 2 aromatic rings. The van der Waals surface area contributed by atoms with Crippen molar-refractivity contribution in [3.63, 3.8) is 0 Å². The molecule has 1 fully saturated rings. The van der Waals surface area contributed by atoms with Gasteiger partial charge in [0.25, 0.3) is 0 Å². The summed E-state index contributed by atoms with van der Waals surface area (Å²) < 4.78 is 5.30. The van der Waals surface area contributed by atoms with Gasteiger partial charge in [-0.2, -0.15) is 0 Å². The van der Waals surface area contributed by atoms with Crippen molar-refractivity contribution >= 4 is 23.4 Å². The van der Waals surface area contributed by atoms with Gasteiger partial charge in [0.05, 0.1) is 0 Å². The van der Waals surface area contributed by atoms with Crippen molar-refractivity contribution in [3.05, 3.63) is 53.7 Å². The molecule has 0 saturated carbocycles. The topological polar surface area (TPSA) is 97.5 Å². The number of amides is 1. The molecule has 3 rings (SSSR count). The third kappa shape index (κ3) is 5.77. The van der Waals surface area contributed by atoms with E-state index >= 15 is 0 Å². The molecule has 0 aliphatic carbocycles. The number of Topliss-reactive ketones (excluding diaryl/α,β-unsaturated/α-hetero) is 1. The van der Waals surface area contributed by atoms with Crippen LogP contribution in [-0.2, 0) is 11.2 Å². The second kappa shape index (κ2) is 8.61. The number of hydrogen-bond donors (Lipinski definition) is 2. The summed E-state index contributed by atoms with van der Waals surface area (Å²) in [6, 6.07) is 11.0. The van der Waals surface area contributed by atoms with Gasteiger partial charge < -0.3 is 15.4 Å². The number of hydrogen-bond acceptors (Lipinski definition) is 6. The largest absolute Gasteiger partial charge is 0.444 e. The Morgan fingerprint density at radius 2 is 2.00 bits per heavy atom. The molecule has 1 atom stereocenters. The number of pyridine rings is 1. The lowest BCUT2D eigenvalue weighted by Gasteiger charge is -2.20. The van der Waals surface area contributed by atoms with Gasteiger partial charge in [-0.1, -0.05) is 18.2 Å². The Balaban J connectivity index is 1.67. The third-order valence-electron chi connectivity index (χ3n) is 4.62. The highest BCUT2D eigenvalue weighted by Crippen LogP contribution is 2.21. The molecule has 0 bridgehead atoms. The minimum Gasteiger partial charge on any atom is -0.444 e. The molecule has 7 heteroatoms.